The van der Waals surface area contributed by atoms with E-state index >= 15 is 0 Å². The maximum Gasteiger partial charge on any atom is -0.0122 e. The highest BCUT2D eigenvalue weighted by Crippen LogP contribution is 2.38. The topological polar surface area (TPSA) is 0 Å². The molecule has 0 aliphatic heterocycles. The molecular weight excluding hydrogens is 144 g/mol. The molecular formula is C12H22. The van der Waals surface area contributed by atoms with Gasteiger partial charge in [0.2, 0.25) is 0 Å². The predicted octanol–water partition coefficient (Wildman–Crippen LogP) is 4.31. The SMILES string of the molecule is C=C(C)C1(C)CCCCCCC1. The van der Waals surface area contributed by atoms with Gasteiger partial charge in [-0.1, -0.05) is 51.2 Å². The van der Waals surface area contributed by atoms with E-state index < -0.39 is 0 Å². The zero-order chi connectivity index (χ0) is 9.03. The van der Waals surface area contributed by atoms with Crippen molar-refractivity contribution in [3.8, 4) is 0 Å². The van der Waals surface area contributed by atoms with E-state index in [9.17, 15) is 0 Å². The van der Waals surface area contributed by atoms with Crippen molar-refractivity contribution in [1.82, 2.24) is 0 Å². The first-order chi connectivity index (χ1) is 5.65. The Kier molecular flexibility index (Phi) is 3.37. The van der Waals surface area contributed by atoms with E-state index in [1.54, 1.807) is 0 Å². The zero-order valence-corrected chi connectivity index (χ0v) is 8.66. The molecule has 0 aromatic rings. The summed E-state index contributed by atoms with van der Waals surface area (Å²) < 4.78 is 0. The summed E-state index contributed by atoms with van der Waals surface area (Å²) in [5, 5.41) is 0. The van der Waals surface area contributed by atoms with E-state index in [1.165, 1.54) is 50.5 Å². The molecule has 0 heterocycles. The predicted molar refractivity (Wildman–Crippen MR) is 55.2 cm³/mol. The molecule has 1 fully saturated rings. The Morgan fingerprint density at radius 2 is 1.42 bits per heavy atom. The van der Waals surface area contributed by atoms with Crippen LogP contribution in [0, 0.1) is 5.41 Å². The lowest BCUT2D eigenvalue weighted by molar-refractivity contribution is 0.290. The molecule has 0 radical (unpaired) electrons. The fourth-order valence-corrected chi connectivity index (χ4v) is 2.11. The molecule has 12 heavy (non-hydrogen) atoms. The Labute approximate surface area is 77.1 Å². The van der Waals surface area contributed by atoms with Gasteiger partial charge in [0.05, 0.1) is 0 Å². The molecule has 1 rings (SSSR count). The third-order valence-electron chi connectivity index (χ3n) is 3.49. The summed E-state index contributed by atoms with van der Waals surface area (Å²) in [6.07, 6.45) is 9.86. The van der Waals surface area contributed by atoms with Crippen molar-refractivity contribution in [2.45, 2.75) is 58.8 Å². The average molecular weight is 166 g/mol. The molecule has 0 saturated heterocycles. The van der Waals surface area contributed by atoms with E-state index in [0.29, 0.717) is 5.41 Å². The highest BCUT2D eigenvalue weighted by atomic mass is 14.3. The van der Waals surface area contributed by atoms with E-state index in [2.05, 4.69) is 20.4 Å². The Morgan fingerprint density at radius 1 is 1.00 bits per heavy atom. The largest absolute Gasteiger partial charge is 0.0996 e. The van der Waals surface area contributed by atoms with Crippen LogP contribution in [0.5, 0.6) is 0 Å². The van der Waals surface area contributed by atoms with E-state index in [-0.39, 0.29) is 0 Å². The highest BCUT2D eigenvalue weighted by Gasteiger charge is 2.24. The lowest BCUT2D eigenvalue weighted by Crippen LogP contribution is -2.18. The van der Waals surface area contributed by atoms with Crippen LogP contribution >= 0.6 is 0 Å². The molecule has 0 spiro atoms. The molecule has 0 nitrogen and oxygen atoms in total. The van der Waals surface area contributed by atoms with Crippen LogP contribution < -0.4 is 0 Å². The first-order valence-electron chi connectivity index (χ1n) is 5.31. The van der Waals surface area contributed by atoms with Gasteiger partial charge in [-0.2, -0.15) is 0 Å². The number of rotatable bonds is 1. The van der Waals surface area contributed by atoms with Crippen molar-refractivity contribution in [3.05, 3.63) is 12.2 Å². The van der Waals surface area contributed by atoms with Gasteiger partial charge in [0.15, 0.2) is 0 Å². The van der Waals surface area contributed by atoms with Crippen LogP contribution in [0.25, 0.3) is 0 Å². The van der Waals surface area contributed by atoms with Gasteiger partial charge in [0.25, 0.3) is 0 Å². The number of hydrogen-bond donors (Lipinski definition) is 0. The molecule has 1 aliphatic carbocycles. The van der Waals surface area contributed by atoms with Crippen molar-refractivity contribution >= 4 is 0 Å². The second-order valence-electron chi connectivity index (χ2n) is 4.61. The second kappa shape index (κ2) is 4.11. The van der Waals surface area contributed by atoms with E-state index in [1.807, 2.05) is 0 Å². The van der Waals surface area contributed by atoms with Crippen molar-refractivity contribution in [1.29, 1.82) is 0 Å². The van der Waals surface area contributed by atoms with Crippen LogP contribution in [-0.4, -0.2) is 0 Å². The summed E-state index contributed by atoms with van der Waals surface area (Å²) >= 11 is 0. The van der Waals surface area contributed by atoms with Gasteiger partial charge >= 0.3 is 0 Å². The van der Waals surface area contributed by atoms with Crippen molar-refractivity contribution in [3.63, 3.8) is 0 Å². The molecule has 70 valence electrons. The maximum atomic E-state index is 4.12. The van der Waals surface area contributed by atoms with Crippen LogP contribution in [-0.2, 0) is 0 Å². The molecule has 0 amide bonds. The lowest BCUT2D eigenvalue weighted by Gasteiger charge is -2.32. The average Bonchev–Trinajstić information content (AvgIpc) is 1.97. The quantitative estimate of drug-likeness (QED) is 0.509. The van der Waals surface area contributed by atoms with Crippen molar-refractivity contribution < 1.29 is 0 Å². The van der Waals surface area contributed by atoms with E-state index in [4.69, 9.17) is 0 Å². The van der Waals surface area contributed by atoms with Gasteiger partial charge in [-0.3, -0.25) is 0 Å². The molecule has 0 bridgehead atoms. The molecule has 0 heteroatoms. The smallest absolute Gasteiger partial charge is 0.0122 e. The monoisotopic (exact) mass is 166 g/mol. The fraction of sp³-hybridized carbons (Fsp3) is 0.833. The first kappa shape index (κ1) is 9.83. The molecule has 1 saturated carbocycles. The molecule has 0 aromatic heterocycles. The summed E-state index contributed by atoms with van der Waals surface area (Å²) in [7, 11) is 0. The molecule has 1 aliphatic rings. The molecule has 0 aromatic carbocycles. The van der Waals surface area contributed by atoms with Gasteiger partial charge in [-0.15, -0.1) is 0 Å². The minimum absolute atomic E-state index is 0.459. The lowest BCUT2D eigenvalue weighted by atomic mass is 9.73. The molecule has 0 N–H and O–H groups in total. The van der Waals surface area contributed by atoms with Gasteiger partial charge in [0.1, 0.15) is 0 Å². The van der Waals surface area contributed by atoms with Crippen LogP contribution in [0.3, 0.4) is 0 Å². The van der Waals surface area contributed by atoms with Crippen molar-refractivity contribution in [2.24, 2.45) is 5.41 Å². The minimum atomic E-state index is 0.459. The third kappa shape index (κ3) is 2.36. The second-order valence-corrected chi connectivity index (χ2v) is 4.61. The minimum Gasteiger partial charge on any atom is -0.0996 e. The maximum absolute atomic E-state index is 4.12. The van der Waals surface area contributed by atoms with Crippen LogP contribution in [0.15, 0.2) is 12.2 Å². The summed E-state index contributed by atoms with van der Waals surface area (Å²) in [5.74, 6) is 0. The summed E-state index contributed by atoms with van der Waals surface area (Å²) in [4.78, 5) is 0. The summed E-state index contributed by atoms with van der Waals surface area (Å²) in [6, 6.07) is 0. The normalized spacial score (nSPS) is 24.2. The Balaban J connectivity index is 2.54. The van der Waals surface area contributed by atoms with Gasteiger partial charge in [-0.25, -0.2) is 0 Å². The van der Waals surface area contributed by atoms with Crippen LogP contribution in [0.2, 0.25) is 0 Å². The number of hydrogen-bond acceptors (Lipinski definition) is 0. The van der Waals surface area contributed by atoms with Gasteiger partial charge < -0.3 is 0 Å². The number of allylic oxidation sites excluding steroid dienone is 1. The van der Waals surface area contributed by atoms with Crippen molar-refractivity contribution in [2.75, 3.05) is 0 Å². The highest BCUT2D eigenvalue weighted by molar-refractivity contribution is 5.05. The summed E-state index contributed by atoms with van der Waals surface area (Å²) in [5.41, 5.74) is 1.85. The van der Waals surface area contributed by atoms with Gasteiger partial charge in [0, 0.05) is 0 Å². The van der Waals surface area contributed by atoms with Crippen LogP contribution in [0.4, 0.5) is 0 Å². The summed E-state index contributed by atoms with van der Waals surface area (Å²) in [6.45, 7) is 8.71. The van der Waals surface area contributed by atoms with Gasteiger partial charge in [-0.05, 0) is 25.2 Å². The Bertz CT molecular complexity index is 147. The Morgan fingerprint density at radius 3 is 1.83 bits per heavy atom. The van der Waals surface area contributed by atoms with E-state index in [0.717, 1.165) is 0 Å². The molecule has 0 atom stereocenters. The standard InChI is InChI=1S/C12H22/c1-11(2)12(3)9-7-5-4-6-8-10-12/h1,4-10H2,2-3H3. The first-order valence-corrected chi connectivity index (χ1v) is 5.31. The third-order valence-corrected chi connectivity index (χ3v) is 3.49. The molecule has 0 unspecified atom stereocenters. The Hall–Kier alpha value is -0.260. The fourth-order valence-electron chi connectivity index (χ4n) is 2.11. The zero-order valence-electron chi connectivity index (χ0n) is 8.66. The van der Waals surface area contributed by atoms with Crippen LogP contribution in [0.1, 0.15) is 58.8 Å².